The molecular formula is C30H32N4O3S. The molecule has 0 spiro atoms. The predicted molar refractivity (Wildman–Crippen MR) is 150 cm³/mol. The highest BCUT2D eigenvalue weighted by atomic mass is 32.1. The van der Waals surface area contributed by atoms with Crippen molar-refractivity contribution in [1.82, 2.24) is 19.5 Å². The van der Waals surface area contributed by atoms with E-state index in [-0.39, 0.29) is 6.61 Å². The molecule has 1 aliphatic heterocycles. The summed E-state index contributed by atoms with van der Waals surface area (Å²) in [7, 11) is 0. The molecule has 8 heteroatoms. The Kier molecular flexibility index (Phi) is 7.10. The van der Waals surface area contributed by atoms with Crippen molar-refractivity contribution in [2.24, 2.45) is 5.92 Å². The molecule has 0 bridgehead atoms. The number of carboxylic acids is 1. The van der Waals surface area contributed by atoms with Crippen molar-refractivity contribution in [3.05, 3.63) is 70.9 Å². The van der Waals surface area contributed by atoms with Crippen LogP contribution in [0.1, 0.15) is 53.8 Å². The van der Waals surface area contributed by atoms with Gasteiger partial charge in [0.05, 0.1) is 12.3 Å². The second kappa shape index (κ2) is 10.8. The van der Waals surface area contributed by atoms with E-state index >= 15 is 0 Å². The van der Waals surface area contributed by atoms with Gasteiger partial charge in [-0.25, -0.2) is 14.3 Å². The summed E-state index contributed by atoms with van der Waals surface area (Å²) in [4.78, 5) is 20.4. The molecule has 1 aromatic carbocycles. The Hall–Kier alpha value is -3.33. The summed E-state index contributed by atoms with van der Waals surface area (Å²) in [5.41, 5.74) is 7.11. The maximum absolute atomic E-state index is 12.4. The number of hydrogen-bond donors (Lipinski definition) is 2. The fraction of sp³-hybridized carbons (Fsp3) is 0.367. The molecule has 6 rings (SSSR count). The van der Waals surface area contributed by atoms with E-state index in [4.69, 9.17) is 0 Å². The van der Waals surface area contributed by atoms with Crippen LogP contribution in [0.5, 0.6) is 0 Å². The number of carboxylic acid groups (broad SMARTS) is 1. The van der Waals surface area contributed by atoms with Gasteiger partial charge < -0.3 is 10.2 Å². The van der Waals surface area contributed by atoms with Crippen LogP contribution >= 0.6 is 11.3 Å². The van der Waals surface area contributed by atoms with Gasteiger partial charge in [0.1, 0.15) is 4.88 Å². The zero-order chi connectivity index (χ0) is 26.1. The minimum atomic E-state index is -0.875. The number of benzene rings is 1. The van der Waals surface area contributed by atoms with Crippen LogP contribution in [0.15, 0.2) is 60.4 Å². The summed E-state index contributed by atoms with van der Waals surface area (Å²) in [6.07, 6.45) is 10.8. The van der Waals surface area contributed by atoms with Gasteiger partial charge in [-0.3, -0.25) is 4.90 Å². The average molecular weight is 529 g/mol. The molecule has 0 amide bonds. The summed E-state index contributed by atoms with van der Waals surface area (Å²) in [6, 6.07) is 14.1. The van der Waals surface area contributed by atoms with Gasteiger partial charge in [-0.2, -0.15) is 5.10 Å². The van der Waals surface area contributed by atoms with Crippen LogP contribution in [0, 0.1) is 5.92 Å². The van der Waals surface area contributed by atoms with Crippen LogP contribution in [0.4, 0.5) is 0 Å². The summed E-state index contributed by atoms with van der Waals surface area (Å²) >= 11 is 1.35. The van der Waals surface area contributed by atoms with Crippen LogP contribution in [0.2, 0.25) is 0 Å². The third-order valence-corrected chi connectivity index (χ3v) is 9.11. The number of hydrogen-bond acceptors (Lipinski definition) is 6. The smallest absolute Gasteiger partial charge is 0.346 e. The monoisotopic (exact) mass is 528 g/mol. The van der Waals surface area contributed by atoms with Crippen molar-refractivity contribution in [3.8, 4) is 21.7 Å². The number of rotatable bonds is 7. The molecule has 0 unspecified atom stereocenters. The van der Waals surface area contributed by atoms with Crippen LogP contribution in [-0.4, -0.2) is 61.9 Å². The molecule has 4 heterocycles. The molecular weight excluding hydrogens is 496 g/mol. The number of thiophene rings is 1. The molecule has 38 heavy (non-hydrogen) atoms. The standard InChI is InChI=1S/C30H32N4O3S/c35-16-15-33-14-11-23(20-5-2-1-3-6-20)25(19-33)24-17-27(38-29(24)30(36)37)22-9-7-21(8-10-22)26-18-28-31-12-4-13-34(28)32-26/h4,7-10,12-13,17-18,20,35H,1-3,5-6,11,14-16,19H2,(H,36,37). The SMILES string of the molecule is O=C(O)c1sc(-c2ccc(-c3cc4ncccn4n3)cc2)cc1C1=C(C2CCCCC2)CCN(CCO)C1. The second-order valence-electron chi connectivity index (χ2n) is 10.3. The van der Waals surface area contributed by atoms with Gasteiger partial charge in [0, 0.05) is 54.1 Å². The minimum absolute atomic E-state index is 0.113. The summed E-state index contributed by atoms with van der Waals surface area (Å²) in [6.45, 7) is 2.35. The number of β-amino-alcohol motifs (C(OH)–C–C–N with tert-alkyl or cyclic N) is 1. The molecule has 0 radical (unpaired) electrons. The predicted octanol–water partition coefficient (Wildman–Crippen LogP) is 5.85. The van der Waals surface area contributed by atoms with Gasteiger partial charge in [0.2, 0.25) is 0 Å². The summed E-state index contributed by atoms with van der Waals surface area (Å²) in [5, 5.41) is 24.4. The molecule has 1 saturated carbocycles. The zero-order valence-electron chi connectivity index (χ0n) is 21.3. The van der Waals surface area contributed by atoms with E-state index in [9.17, 15) is 15.0 Å². The van der Waals surface area contributed by atoms with Gasteiger partial charge in [-0.05, 0) is 48.4 Å². The van der Waals surface area contributed by atoms with Crippen molar-refractivity contribution in [2.45, 2.75) is 38.5 Å². The summed E-state index contributed by atoms with van der Waals surface area (Å²) < 4.78 is 1.76. The average Bonchev–Trinajstić information content (AvgIpc) is 3.59. The van der Waals surface area contributed by atoms with Crippen molar-refractivity contribution in [1.29, 1.82) is 0 Å². The molecule has 0 saturated heterocycles. The van der Waals surface area contributed by atoms with E-state index in [1.165, 1.54) is 54.6 Å². The largest absolute Gasteiger partial charge is 0.477 e. The van der Waals surface area contributed by atoms with Crippen molar-refractivity contribution in [2.75, 3.05) is 26.2 Å². The number of aliphatic hydroxyl groups is 1. The van der Waals surface area contributed by atoms with Crippen molar-refractivity contribution < 1.29 is 15.0 Å². The van der Waals surface area contributed by atoms with Crippen LogP contribution in [0.3, 0.4) is 0 Å². The number of aromatic nitrogens is 3. The summed E-state index contributed by atoms with van der Waals surface area (Å²) in [5.74, 6) is -0.334. The minimum Gasteiger partial charge on any atom is -0.477 e. The normalized spacial score (nSPS) is 17.4. The first-order chi connectivity index (χ1) is 18.6. The van der Waals surface area contributed by atoms with Crippen molar-refractivity contribution in [3.63, 3.8) is 0 Å². The lowest BCUT2D eigenvalue weighted by Gasteiger charge is -2.35. The Labute approximate surface area is 226 Å². The Morgan fingerprint density at radius 2 is 1.87 bits per heavy atom. The number of aliphatic hydroxyl groups excluding tert-OH is 1. The maximum atomic E-state index is 12.4. The van der Waals surface area contributed by atoms with Gasteiger partial charge in [-0.1, -0.05) is 49.1 Å². The van der Waals surface area contributed by atoms with E-state index < -0.39 is 5.97 Å². The quantitative estimate of drug-likeness (QED) is 0.312. The molecule has 7 nitrogen and oxygen atoms in total. The van der Waals surface area contributed by atoms with Gasteiger partial charge in [0.25, 0.3) is 0 Å². The first-order valence-electron chi connectivity index (χ1n) is 13.4. The van der Waals surface area contributed by atoms with E-state index in [2.05, 4.69) is 21.0 Å². The Bertz CT molecular complexity index is 1450. The van der Waals surface area contributed by atoms with Crippen molar-refractivity contribution >= 4 is 28.5 Å². The lowest BCUT2D eigenvalue weighted by atomic mass is 9.78. The van der Waals surface area contributed by atoms with Crippen LogP contribution < -0.4 is 0 Å². The fourth-order valence-corrected chi connectivity index (χ4v) is 7.05. The van der Waals surface area contributed by atoms with Crippen LogP contribution in [-0.2, 0) is 0 Å². The third-order valence-electron chi connectivity index (χ3n) is 7.93. The van der Waals surface area contributed by atoms with E-state index in [0.29, 0.717) is 23.9 Å². The molecule has 196 valence electrons. The lowest BCUT2D eigenvalue weighted by molar-refractivity contribution is 0.0701. The topological polar surface area (TPSA) is 91.0 Å². The highest BCUT2D eigenvalue weighted by molar-refractivity contribution is 7.17. The number of nitrogens with zero attached hydrogens (tertiary/aromatic N) is 4. The zero-order valence-corrected chi connectivity index (χ0v) is 22.2. The highest BCUT2D eigenvalue weighted by Gasteiger charge is 2.30. The van der Waals surface area contributed by atoms with E-state index in [1.807, 2.05) is 42.6 Å². The molecule has 1 fully saturated rings. The lowest BCUT2D eigenvalue weighted by Crippen LogP contribution is -2.35. The number of aromatic carboxylic acids is 1. The van der Waals surface area contributed by atoms with Gasteiger partial charge >= 0.3 is 5.97 Å². The molecule has 2 N–H and O–H groups in total. The molecule has 2 aliphatic rings. The first-order valence-corrected chi connectivity index (χ1v) is 14.3. The first kappa shape index (κ1) is 25.0. The Morgan fingerprint density at radius 1 is 1.08 bits per heavy atom. The van der Waals surface area contributed by atoms with E-state index in [0.717, 1.165) is 45.9 Å². The third kappa shape index (κ3) is 4.91. The van der Waals surface area contributed by atoms with Gasteiger partial charge in [0.15, 0.2) is 5.65 Å². The van der Waals surface area contributed by atoms with E-state index in [1.54, 1.807) is 10.7 Å². The molecule has 3 aromatic heterocycles. The maximum Gasteiger partial charge on any atom is 0.346 e. The van der Waals surface area contributed by atoms with Gasteiger partial charge in [-0.15, -0.1) is 11.3 Å². The Balaban J connectivity index is 1.36. The number of fused-ring (bicyclic) bond motifs is 1. The highest BCUT2D eigenvalue weighted by Crippen LogP contribution is 2.43. The van der Waals surface area contributed by atoms with Crippen LogP contribution in [0.25, 0.3) is 32.9 Å². The molecule has 1 aliphatic carbocycles. The second-order valence-corrected chi connectivity index (χ2v) is 11.3. The molecule has 0 atom stereocenters. The molecule has 4 aromatic rings. The number of carbonyl (C=O) groups is 1. The Morgan fingerprint density at radius 3 is 2.61 bits per heavy atom. The fourth-order valence-electron chi connectivity index (χ4n) is 6.02.